The number of carbonyl (C=O) groups is 3. The predicted molar refractivity (Wildman–Crippen MR) is 42.4 cm³/mol. The van der Waals surface area contributed by atoms with Crippen LogP contribution in [0.5, 0.6) is 0 Å². The molecule has 0 spiro atoms. The maximum Gasteiger partial charge on any atom is 0.374 e. The normalized spacial score (nSPS) is 9.50. The Morgan fingerprint density at radius 1 is 1.57 bits per heavy atom. The lowest BCUT2D eigenvalue weighted by Crippen LogP contribution is -2.08. The fraction of sp³-hybridized carbons (Fsp3) is 0.125. The van der Waals surface area contributed by atoms with Crippen LogP contribution in [0.2, 0.25) is 0 Å². The molecule has 14 heavy (non-hydrogen) atoms. The zero-order valence-electron chi connectivity index (χ0n) is 7.14. The second-order valence-corrected chi connectivity index (χ2v) is 2.31. The third kappa shape index (κ3) is 1.49. The summed E-state index contributed by atoms with van der Waals surface area (Å²) in [4.78, 5) is 32.0. The van der Waals surface area contributed by atoms with E-state index in [1.807, 2.05) is 0 Å². The number of carboxylic acid groups (broad SMARTS) is 1. The van der Waals surface area contributed by atoms with Crippen LogP contribution in [-0.4, -0.2) is 30.4 Å². The van der Waals surface area contributed by atoms with Crippen LogP contribution in [0.15, 0.2) is 10.7 Å². The number of furan rings is 1. The maximum absolute atomic E-state index is 11.0. The van der Waals surface area contributed by atoms with Crippen molar-refractivity contribution in [3.63, 3.8) is 0 Å². The minimum atomic E-state index is -1.42. The molecule has 0 atom stereocenters. The van der Waals surface area contributed by atoms with E-state index in [-0.39, 0.29) is 5.56 Å². The Morgan fingerprint density at radius 3 is 2.64 bits per heavy atom. The van der Waals surface area contributed by atoms with Crippen molar-refractivity contribution < 1.29 is 28.6 Å². The quantitative estimate of drug-likeness (QED) is 0.563. The minimum Gasteiger partial charge on any atom is -0.478 e. The van der Waals surface area contributed by atoms with Crippen LogP contribution in [0.4, 0.5) is 0 Å². The molecule has 1 aromatic rings. The van der Waals surface area contributed by atoms with E-state index < -0.39 is 23.3 Å². The van der Waals surface area contributed by atoms with Crippen molar-refractivity contribution in [2.75, 3.05) is 7.11 Å². The standard InChI is InChI=1S/C8H6O6/c1-13-8(12)6-5(7(10)11)4(2-9)3-14-6/h2-3H,1H3,(H,10,11). The first-order valence-electron chi connectivity index (χ1n) is 3.50. The summed E-state index contributed by atoms with van der Waals surface area (Å²) < 4.78 is 8.89. The van der Waals surface area contributed by atoms with Crippen molar-refractivity contribution in [2.24, 2.45) is 0 Å². The number of carbonyl (C=O) groups excluding carboxylic acids is 2. The van der Waals surface area contributed by atoms with E-state index in [0.29, 0.717) is 6.29 Å². The SMILES string of the molecule is COC(=O)c1occ(C=O)c1C(=O)O. The van der Waals surface area contributed by atoms with Crippen molar-refractivity contribution in [1.82, 2.24) is 0 Å². The molecule has 74 valence electrons. The Labute approximate surface area is 78.1 Å². The second kappa shape index (κ2) is 3.73. The predicted octanol–water partition coefficient (Wildman–Crippen LogP) is 0.577. The summed E-state index contributed by atoms with van der Waals surface area (Å²) in [5.74, 6) is -2.83. The van der Waals surface area contributed by atoms with Gasteiger partial charge in [-0.3, -0.25) is 4.79 Å². The molecule has 0 bridgehead atoms. The number of hydrogen-bond donors (Lipinski definition) is 1. The van der Waals surface area contributed by atoms with Gasteiger partial charge in [0.25, 0.3) is 0 Å². The lowest BCUT2D eigenvalue weighted by atomic mass is 10.1. The molecular formula is C8H6O6. The molecule has 0 aliphatic carbocycles. The summed E-state index contributed by atoms with van der Waals surface area (Å²) >= 11 is 0. The van der Waals surface area contributed by atoms with Gasteiger partial charge < -0.3 is 14.3 Å². The zero-order valence-corrected chi connectivity index (χ0v) is 7.14. The van der Waals surface area contributed by atoms with Crippen LogP contribution >= 0.6 is 0 Å². The van der Waals surface area contributed by atoms with Crippen LogP contribution in [0.3, 0.4) is 0 Å². The number of aldehydes is 1. The summed E-state index contributed by atoms with van der Waals surface area (Å²) in [6, 6.07) is 0. The molecule has 1 heterocycles. The molecule has 0 radical (unpaired) electrons. The molecule has 0 aliphatic rings. The van der Waals surface area contributed by atoms with Crippen LogP contribution in [-0.2, 0) is 4.74 Å². The molecule has 0 fully saturated rings. The van der Waals surface area contributed by atoms with Gasteiger partial charge in [-0.2, -0.15) is 0 Å². The topological polar surface area (TPSA) is 93.8 Å². The van der Waals surface area contributed by atoms with Gasteiger partial charge in [-0.25, -0.2) is 9.59 Å². The Balaban J connectivity index is 3.31. The van der Waals surface area contributed by atoms with E-state index in [2.05, 4.69) is 9.15 Å². The molecule has 0 unspecified atom stereocenters. The average Bonchev–Trinajstić information content (AvgIpc) is 2.59. The number of methoxy groups -OCH3 is 1. The highest BCUT2D eigenvalue weighted by molar-refractivity contribution is 6.05. The summed E-state index contributed by atoms with van der Waals surface area (Å²) in [5.41, 5.74) is -0.676. The van der Waals surface area contributed by atoms with Gasteiger partial charge in [-0.05, 0) is 0 Å². The number of rotatable bonds is 3. The number of ether oxygens (including phenoxy) is 1. The highest BCUT2D eigenvalue weighted by Gasteiger charge is 2.25. The fourth-order valence-electron chi connectivity index (χ4n) is 0.922. The van der Waals surface area contributed by atoms with Crippen LogP contribution in [0.1, 0.15) is 31.3 Å². The van der Waals surface area contributed by atoms with E-state index in [1.54, 1.807) is 0 Å². The summed E-state index contributed by atoms with van der Waals surface area (Å²) in [6.45, 7) is 0. The van der Waals surface area contributed by atoms with Crippen LogP contribution < -0.4 is 0 Å². The monoisotopic (exact) mass is 198 g/mol. The maximum atomic E-state index is 11.0. The van der Waals surface area contributed by atoms with Crippen molar-refractivity contribution in [2.45, 2.75) is 0 Å². The molecule has 6 nitrogen and oxygen atoms in total. The summed E-state index contributed by atoms with van der Waals surface area (Å²) in [5, 5.41) is 8.68. The van der Waals surface area contributed by atoms with Gasteiger partial charge in [-0.1, -0.05) is 0 Å². The van der Waals surface area contributed by atoms with Gasteiger partial charge in [-0.15, -0.1) is 0 Å². The lowest BCUT2D eigenvalue weighted by Gasteiger charge is -1.95. The minimum absolute atomic E-state index is 0.196. The number of hydrogen-bond acceptors (Lipinski definition) is 5. The molecule has 1 N–H and O–H groups in total. The molecule has 0 aromatic carbocycles. The van der Waals surface area contributed by atoms with E-state index in [4.69, 9.17) is 5.11 Å². The van der Waals surface area contributed by atoms with Crippen molar-refractivity contribution in [1.29, 1.82) is 0 Å². The van der Waals surface area contributed by atoms with E-state index in [0.717, 1.165) is 13.4 Å². The van der Waals surface area contributed by atoms with Gasteiger partial charge in [0.2, 0.25) is 5.76 Å². The Kier molecular flexibility index (Phi) is 2.66. The Morgan fingerprint density at radius 2 is 2.21 bits per heavy atom. The first kappa shape index (κ1) is 9.97. The zero-order chi connectivity index (χ0) is 10.7. The molecule has 1 aromatic heterocycles. The van der Waals surface area contributed by atoms with Crippen molar-refractivity contribution in [3.05, 3.63) is 23.2 Å². The second-order valence-electron chi connectivity index (χ2n) is 2.31. The summed E-state index contributed by atoms with van der Waals surface area (Å²) in [6.07, 6.45) is 1.18. The van der Waals surface area contributed by atoms with Gasteiger partial charge in [0.15, 0.2) is 6.29 Å². The van der Waals surface area contributed by atoms with Gasteiger partial charge >= 0.3 is 11.9 Å². The average molecular weight is 198 g/mol. The van der Waals surface area contributed by atoms with E-state index >= 15 is 0 Å². The number of esters is 1. The van der Waals surface area contributed by atoms with E-state index in [9.17, 15) is 14.4 Å². The first-order valence-corrected chi connectivity index (χ1v) is 3.50. The van der Waals surface area contributed by atoms with Gasteiger partial charge in [0.1, 0.15) is 11.8 Å². The third-order valence-electron chi connectivity index (χ3n) is 1.53. The molecule has 6 heteroatoms. The van der Waals surface area contributed by atoms with Gasteiger partial charge in [0, 0.05) is 0 Å². The molecule has 1 rings (SSSR count). The van der Waals surface area contributed by atoms with E-state index in [1.165, 1.54) is 0 Å². The largest absolute Gasteiger partial charge is 0.478 e. The highest BCUT2D eigenvalue weighted by atomic mass is 16.5. The molecule has 0 saturated carbocycles. The lowest BCUT2D eigenvalue weighted by molar-refractivity contribution is 0.0547. The van der Waals surface area contributed by atoms with Crippen LogP contribution in [0.25, 0.3) is 0 Å². The Hall–Kier alpha value is -2.11. The van der Waals surface area contributed by atoms with Crippen molar-refractivity contribution >= 4 is 18.2 Å². The van der Waals surface area contributed by atoms with Crippen molar-refractivity contribution in [3.8, 4) is 0 Å². The molecular weight excluding hydrogens is 192 g/mol. The highest BCUT2D eigenvalue weighted by Crippen LogP contribution is 2.16. The first-order chi connectivity index (χ1) is 6.61. The van der Waals surface area contributed by atoms with Crippen LogP contribution in [0, 0.1) is 0 Å². The summed E-state index contributed by atoms with van der Waals surface area (Å²) in [7, 11) is 1.08. The third-order valence-corrected chi connectivity index (χ3v) is 1.53. The molecule has 0 saturated heterocycles. The smallest absolute Gasteiger partial charge is 0.374 e. The number of carboxylic acids is 1. The van der Waals surface area contributed by atoms with Gasteiger partial charge in [0.05, 0.1) is 12.7 Å². The fourth-order valence-corrected chi connectivity index (χ4v) is 0.922. The Bertz CT molecular complexity index is 389. The molecule has 0 aliphatic heterocycles. The number of aromatic carboxylic acids is 1. The molecule has 0 amide bonds.